The number of Topliss-reactive ketones (excluding diaryl/α,β-unsaturated/α-hetero) is 1. The highest BCUT2D eigenvalue weighted by molar-refractivity contribution is 7.89. The molecule has 17 heavy (non-hydrogen) atoms. The standard InChI is InChI=1S/C3H6O3.C3H6O.C2H6O2S.CH4O/c1-3(4)6-5-2;1-3(2)4;1-5(2,3)4;1-2/h1-2H3;1-2H3;1-2H3;2H,1H3. The van der Waals surface area contributed by atoms with E-state index >= 15 is 0 Å². The summed E-state index contributed by atoms with van der Waals surface area (Å²) in [6, 6.07) is 0. The zero-order valence-electron chi connectivity index (χ0n) is 11.3. The number of sulfone groups is 1. The van der Waals surface area contributed by atoms with Crippen molar-refractivity contribution in [3.8, 4) is 0 Å². The number of rotatable bonds is 1. The van der Waals surface area contributed by atoms with Gasteiger partial charge in [0, 0.05) is 26.5 Å². The molecule has 0 aromatic rings. The zero-order valence-corrected chi connectivity index (χ0v) is 12.1. The van der Waals surface area contributed by atoms with E-state index in [0.29, 0.717) is 0 Å². The Bertz CT molecular complexity index is 257. The molecule has 0 aliphatic rings. The first kappa shape index (κ1) is 25.0. The fourth-order valence-corrected chi connectivity index (χ4v) is 0.117. The van der Waals surface area contributed by atoms with Crippen molar-refractivity contribution in [1.82, 2.24) is 0 Å². The maximum atomic E-state index is 9.70. The predicted molar refractivity (Wildman–Crippen MR) is 64.0 cm³/mol. The number of carbonyl (C=O) groups is 2. The van der Waals surface area contributed by atoms with Crippen LogP contribution in [0.2, 0.25) is 0 Å². The minimum absolute atomic E-state index is 0.167. The molecule has 106 valence electrons. The second-order valence-corrected chi connectivity index (χ2v) is 5.08. The normalized spacial score (nSPS) is 8.00. The van der Waals surface area contributed by atoms with Gasteiger partial charge in [-0.25, -0.2) is 13.2 Å². The number of ketones is 1. The lowest BCUT2D eigenvalue weighted by Crippen LogP contribution is -1.94. The van der Waals surface area contributed by atoms with Gasteiger partial charge in [-0.3, -0.25) is 4.89 Å². The Morgan fingerprint density at radius 2 is 1.18 bits per heavy atom. The lowest BCUT2D eigenvalue weighted by atomic mass is 10.6. The number of carbonyl (C=O) groups excluding carboxylic acids is 2. The largest absolute Gasteiger partial charge is 0.400 e. The SMILES string of the molecule is CC(C)=O.CO.COOC(C)=O.CS(C)(=O)=O. The van der Waals surface area contributed by atoms with Gasteiger partial charge in [-0.15, -0.1) is 0 Å². The van der Waals surface area contributed by atoms with E-state index in [2.05, 4.69) is 9.78 Å². The van der Waals surface area contributed by atoms with Gasteiger partial charge in [-0.1, -0.05) is 0 Å². The number of hydrogen-bond donors (Lipinski definition) is 1. The summed E-state index contributed by atoms with van der Waals surface area (Å²) in [5.74, 6) is -0.266. The minimum atomic E-state index is -2.67. The van der Waals surface area contributed by atoms with E-state index < -0.39 is 15.8 Å². The van der Waals surface area contributed by atoms with Crippen LogP contribution in [0.1, 0.15) is 20.8 Å². The molecule has 0 rings (SSSR count). The molecule has 7 nitrogen and oxygen atoms in total. The summed E-state index contributed by atoms with van der Waals surface area (Å²) < 4.78 is 19.3. The van der Waals surface area contributed by atoms with Crippen molar-refractivity contribution in [2.45, 2.75) is 20.8 Å². The summed E-state index contributed by atoms with van der Waals surface area (Å²) in [5.41, 5.74) is 0. The molecule has 0 saturated heterocycles. The van der Waals surface area contributed by atoms with Crippen LogP contribution in [0.4, 0.5) is 0 Å². The fourth-order valence-electron chi connectivity index (χ4n) is 0.117. The fraction of sp³-hybridized carbons (Fsp3) is 0.778. The highest BCUT2D eigenvalue weighted by atomic mass is 32.2. The summed E-state index contributed by atoms with van der Waals surface area (Å²) in [5, 5.41) is 7.00. The summed E-state index contributed by atoms with van der Waals surface area (Å²) in [7, 11) is -0.387. The molecular formula is C9H22O7S. The highest BCUT2D eigenvalue weighted by Crippen LogP contribution is 1.69. The molecule has 0 aliphatic carbocycles. The first-order chi connectivity index (χ1) is 7.50. The first-order valence-corrected chi connectivity index (χ1v) is 6.58. The second-order valence-electron chi connectivity index (χ2n) is 2.79. The zero-order chi connectivity index (χ0) is 15.1. The van der Waals surface area contributed by atoms with Crippen molar-refractivity contribution in [3.05, 3.63) is 0 Å². The molecule has 0 aromatic heterocycles. The molecule has 0 atom stereocenters. The molecule has 0 fully saturated rings. The molecule has 0 heterocycles. The smallest absolute Gasteiger partial charge is 0.339 e. The molecule has 0 unspecified atom stereocenters. The second kappa shape index (κ2) is 17.4. The third kappa shape index (κ3) is 629. The van der Waals surface area contributed by atoms with Crippen molar-refractivity contribution in [2.75, 3.05) is 26.7 Å². The average Bonchev–Trinajstić information content (AvgIpc) is 2.03. The van der Waals surface area contributed by atoms with Crippen LogP contribution in [0.3, 0.4) is 0 Å². The highest BCUT2D eigenvalue weighted by Gasteiger charge is 1.83. The Morgan fingerprint density at radius 1 is 1.00 bits per heavy atom. The Morgan fingerprint density at radius 3 is 1.18 bits per heavy atom. The van der Waals surface area contributed by atoms with E-state index in [4.69, 9.17) is 5.11 Å². The quantitative estimate of drug-likeness (QED) is 0.528. The third-order valence-electron chi connectivity index (χ3n) is 0.201. The molecule has 0 bridgehead atoms. The van der Waals surface area contributed by atoms with Crippen LogP contribution in [0.25, 0.3) is 0 Å². The molecule has 0 aliphatic heterocycles. The Labute approximate surface area is 103 Å². The molecule has 1 N–H and O–H groups in total. The summed E-state index contributed by atoms with van der Waals surface area (Å²) in [6.07, 6.45) is 2.32. The summed E-state index contributed by atoms with van der Waals surface area (Å²) in [4.78, 5) is 27.0. The van der Waals surface area contributed by atoms with Crippen molar-refractivity contribution in [3.63, 3.8) is 0 Å². The Kier molecular flexibility index (Phi) is 25.6. The van der Waals surface area contributed by atoms with Crippen molar-refractivity contribution >= 4 is 21.6 Å². The molecule has 8 heteroatoms. The van der Waals surface area contributed by atoms with Crippen LogP contribution in [-0.4, -0.2) is 52.0 Å². The average molecular weight is 274 g/mol. The number of aliphatic hydroxyl groups excluding tert-OH is 1. The van der Waals surface area contributed by atoms with Crippen LogP contribution < -0.4 is 0 Å². The molecular weight excluding hydrogens is 252 g/mol. The Balaban J connectivity index is -0.0000000705. The lowest BCUT2D eigenvalue weighted by Gasteiger charge is -1.87. The lowest BCUT2D eigenvalue weighted by molar-refractivity contribution is -0.252. The van der Waals surface area contributed by atoms with E-state index in [9.17, 15) is 18.0 Å². The van der Waals surface area contributed by atoms with Gasteiger partial charge in [-0.2, -0.15) is 4.89 Å². The maximum Gasteiger partial charge on any atom is 0.339 e. The van der Waals surface area contributed by atoms with Crippen molar-refractivity contribution < 1.29 is 32.9 Å². The predicted octanol–water partition coefficient (Wildman–Crippen LogP) is -0.0245. The summed E-state index contributed by atoms with van der Waals surface area (Å²) >= 11 is 0. The van der Waals surface area contributed by atoms with Crippen LogP contribution in [0, 0.1) is 0 Å². The molecule has 0 aromatic carbocycles. The van der Waals surface area contributed by atoms with Crippen LogP contribution >= 0.6 is 0 Å². The summed E-state index contributed by atoms with van der Waals surface area (Å²) in [6.45, 7) is 4.32. The van der Waals surface area contributed by atoms with E-state index in [0.717, 1.165) is 19.6 Å². The van der Waals surface area contributed by atoms with Gasteiger partial charge in [-0.05, 0) is 13.8 Å². The van der Waals surface area contributed by atoms with Crippen LogP contribution in [-0.2, 0) is 29.2 Å². The van der Waals surface area contributed by atoms with Crippen molar-refractivity contribution in [2.24, 2.45) is 0 Å². The first-order valence-electron chi connectivity index (χ1n) is 4.28. The van der Waals surface area contributed by atoms with Gasteiger partial charge >= 0.3 is 5.97 Å². The molecule has 0 radical (unpaired) electrons. The van der Waals surface area contributed by atoms with E-state index in [1.807, 2.05) is 0 Å². The minimum Gasteiger partial charge on any atom is -0.400 e. The van der Waals surface area contributed by atoms with Gasteiger partial charge in [0.25, 0.3) is 0 Å². The maximum absolute atomic E-state index is 9.70. The van der Waals surface area contributed by atoms with E-state index in [1.54, 1.807) is 0 Å². The van der Waals surface area contributed by atoms with E-state index in [1.165, 1.54) is 27.9 Å². The topological polar surface area (TPSA) is 107 Å². The number of aliphatic hydroxyl groups is 1. The molecule has 0 amide bonds. The molecule has 0 spiro atoms. The van der Waals surface area contributed by atoms with Gasteiger partial charge in [0.2, 0.25) is 0 Å². The van der Waals surface area contributed by atoms with Crippen LogP contribution in [0.15, 0.2) is 0 Å². The van der Waals surface area contributed by atoms with Gasteiger partial charge in [0.15, 0.2) is 0 Å². The van der Waals surface area contributed by atoms with Crippen molar-refractivity contribution in [1.29, 1.82) is 0 Å². The number of hydrogen-bond acceptors (Lipinski definition) is 7. The van der Waals surface area contributed by atoms with Crippen LogP contribution in [0.5, 0.6) is 0 Å². The monoisotopic (exact) mass is 274 g/mol. The van der Waals surface area contributed by atoms with Gasteiger partial charge in [0.1, 0.15) is 15.6 Å². The van der Waals surface area contributed by atoms with E-state index in [-0.39, 0.29) is 5.78 Å². The van der Waals surface area contributed by atoms with Gasteiger partial charge < -0.3 is 9.90 Å². The molecule has 0 saturated carbocycles. The Hall–Kier alpha value is -0.990. The third-order valence-corrected chi connectivity index (χ3v) is 0.201. The van der Waals surface area contributed by atoms with Gasteiger partial charge in [0.05, 0.1) is 7.11 Å².